The smallest absolute Gasteiger partial charge is 0.166 e. The fraction of sp³-hybridized carbons (Fsp3) is 0.500. The van der Waals surface area contributed by atoms with Crippen molar-refractivity contribution < 1.29 is 4.79 Å². The molecule has 1 aromatic heterocycles. The Bertz CT molecular complexity index is 234. The molecule has 0 N–H and O–H groups in total. The van der Waals surface area contributed by atoms with Gasteiger partial charge in [-0.1, -0.05) is 13.8 Å². The fourth-order valence-corrected chi connectivity index (χ4v) is 1.94. The van der Waals surface area contributed by atoms with Gasteiger partial charge in [0.05, 0.1) is 0 Å². The third-order valence-corrected chi connectivity index (χ3v) is 2.85. The van der Waals surface area contributed by atoms with E-state index in [0.29, 0.717) is 5.78 Å². The number of Topliss-reactive ketones (excluding diaryl/α,β-unsaturated/α-hetero) is 1. The molecule has 1 nitrogen and oxygen atoms in total. The molecule has 2 heteroatoms. The lowest BCUT2D eigenvalue weighted by Gasteiger charge is -2.08. The van der Waals surface area contributed by atoms with Crippen LogP contribution < -0.4 is 0 Å². The average Bonchev–Trinajstić information content (AvgIpc) is 2.58. The van der Waals surface area contributed by atoms with Gasteiger partial charge in [-0.25, -0.2) is 0 Å². The molecule has 1 heterocycles. The topological polar surface area (TPSA) is 17.1 Å². The molecule has 1 aromatic rings. The van der Waals surface area contributed by atoms with Crippen molar-refractivity contribution in [3.05, 3.63) is 22.4 Å². The minimum Gasteiger partial charge on any atom is -0.294 e. The maximum Gasteiger partial charge on any atom is 0.166 e. The lowest BCUT2D eigenvalue weighted by molar-refractivity contribution is 0.0914. The number of rotatable bonds is 4. The third-order valence-electron chi connectivity index (χ3n) is 2.16. The van der Waals surface area contributed by atoms with Crippen LogP contribution in [0.15, 0.2) is 16.8 Å². The molecule has 0 unspecified atom stereocenters. The van der Waals surface area contributed by atoms with Crippen LogP contribution >= 0.6 is 11.3 Å². The van der Waals surface area contributed by atoms with Gasteiger partial charge in [0.1, 0.15) is 0 Å². The highest BCUT2D eigenvalue weighted by Gasteiger charge is 2.15. The van der Waals surface area contributed by atoms with Crippen LogP contribution in [-0.4, -0.2) is 5.78 Å². The van der Waals surface area contributed by atoms with Crippen molar-refractivity contribution >= 4 is 17.1 Å². The van der Waals surface area contributed by atoms with Gasteiger partial charge in [0.25, 0.3) is 0 Å². The number of hydrogen-bond acceptors (Lipinski definition) is 2. The molecular formula is C10H14OS. The summed E-state index contributed by atoms with van der Waals surface area (Å²) in [6, 6.07) is 1.91. The molecule has 0 fully saturated rings. The predicted octanol–water partition coefficient (Wildman–Crippen LogP) is 3.37. The maximum absolute atomic E-state index is 11.7. The van der Waals surface area contributed by atoms with E-state index in [9.17, 15) is 4.79 Å². The van der Waals surface area contributed by atoms with Crippen molar-refractivity contribution in [2.75, 3.05) is 0 Å². The second-order valence-corrected chi connectivity index (χ2v) is 3.67. The van der Waals surface area contributed by atoms with Gasteiger partial charge in [-0.15, -0.1) is 0 Å². The van der Waals surface area contributed by atoms with Gasteiger partial charge in [0.15, 0.2) is 5.78 Å². The summed E-state index contributed by atoms with van der Waals surface area (Å²) in [4.78, 5) is 11.7. The van der Waals surface area contributed by atoms with Gasteiger partial charge in [-0.3, -0.25) is 4.79 Å². The Morgan fingerprint density at radius 2 is 2.17 bits per heavy atom. The summed E-state index contributed by atoms with van der Waals surface area (Å²) in [6.07, 6.45) is 1.90. The highest BCUT2D eigenvalue weighted by Crippen LogP contribution is 2.17. The summed E-state index contributed by atoms with van der Waals surface area (Å²) in [7, 11) is 0. The van der Waals surface area contributed by atoms with E-state index < -0.39 is 0 Å². The second kappa shape index (κ2) is 4.41. The fourth-order valence-electron chi connectivity index (χ4n) is 1.30. The van der Waals surface area contributed by atoms with E-state index >= 15 is 0 Å². The molecule has 0 saturated heterocycles. The van der Waals surface area contributed by atoms with Gasteiger partial charge in [-0.05, 0) is 24.3 Å². The van der Waals surface area contributed by atoms with Crippen LogP contribution in [0, 0.1) is 5.92 Å². The molecular weight excluding hydrogens is 168 g/mol. The zero-order valence-corrected chi connectivity index (χ0v) is 8.36. The first kappa shape index (κ1) is 9.46. The Morgan fingerprint density at radius 1 is 1.50 bits per heavy atom. The first-order valence-corrected chi connectivity index (χ1v) is 5.30. The van der Waals surface area contributed by atoms with Crippen LogP contribution in [-0.2, 0) is 0 Å². The quantitative estimate of drug-likeness (QED) is 0.652. The average molecular weight is 182 g/mol. The summed E-state index contributed by atoms with van der Waals surface area (Å²) in [6.45, 7) is 4.14. The van der Waals surface area contributed by atoms with E-state index in [0.717, 1.165) is 18.4 Å². The number of carbonyl (C=O) groups excluding carboxylic acids is 1. The number of hydrogen-bond donors (Lipinski definition) is 0. The van der Waals surface area contributed by atoms with Crippen LogP contribution in [0.5, 0.6) is 0 Å². The summed E-state index contributed by atoms with van der Waals surface area (Å²) in [5.74, 6) is 0.529. The Morgan fingerprint density at radius 3 is 2.58 bits per heavy atom. The first-order valence-electron chi connectivity index (χ1n) is 4.36. The van der Waals surface area contributed by atoms with Crippen LogP contribution in [0.3, 0.4) is 0 Å². The van der Waals surface area contributed by atoms with E-state index in [1.54, 1.807) is 11.3 Å². The highest BCUT2D eigenvalue weighted by molar-refractivity contribution is 7.08. The van der Waals surface area contributed by atoms with Gasteiger partial charge in [0, 0.05) is 16.9 Å². The van der Waals surface area contributed by atoms with Crippen molar-refractivity contribution in [3.8, 4) is 0 Å². The Labute approximate surface area is 77.4 Å². The van der Waals surface area contributed by atoms with Crippen molar-refractivity contribution in [3.63, 3.8) is 0 Å². The van der Waals surface area contributed by atoms with Crippen LogP contribution in [0.2, 0.25) is 0 Å². The standard InChI is InChI=1S/C10H14OS/c1-3-8(4-2)10(11)9-5-6-12-7-9/h5-8H,3-4H2,1-2H3. The molecule has 0 saturated carbocycles. The Balaban J connectivity index is 2.70. The third kappa shape index (κ3) is 1.95. The molecule has 0 aliphatic heterocycles. The molecule has 0 spiro atoms. The normalized spacial score (nSPS) is 10.6. The molecule has 0 aliphatic carbocycles. The van der Waals surface area contributed by atoms with Crippen LogP contribution in [0.4, 0.5) is 0 Å². The minimum atomic E-state index is 0.222. The molecule has 0 aliphatic rings. The lowest BCUT2D eigenvalue weighted by atomic mass is 9.95. The largest absolute Gasteiger partial charge is 0.294 e. The molecule has 12 heavy (non-hydrogen) atoms. The SMILES string of the molecule is CCC(CC)C(=O)c1ccsc1. The van der Waals surface area contributed by atoms with Crippen molar-refractivity contribution in [1.29, 1.82) is 0 Å². The lowest BCUT2D eigenvalue weighted by Crippen LogP contribution is -2.11. The maximum atomic E-state index is 11.7. The van der Waals surface area contributed by atoms with Crippen LogP contribution in [0.25, 0.3) is 0 Å². The van der Waals surface area contributed by atoms with Crippen molar-refractivity contribution in [1.82, 2.24) is 0 Å². The van der Waals surface area contributed by atoms with Gasteiger partial charge in [0.2, 0.25) is 0 Å². The zero-order valence-electron chi connectivity index (χ0n) is 7.54. The number of thiophene rings is 1. The summed E-state index contributed by atoms with van der Waals surface area (Å²) < 4.78 is 0. The van der Waals surface area contributed by atoms with Crippen molar-refractivity contribution in [2.45, 2.75) is 26.7 Å². The summed E-state index contributed by atoms with van der Waals surface area (Å²) in [5.41, 5.74) is 0.883. The van der Waals surface area contributed by atoms with E-state index in [2.05, 4.69) is 13.8 Å². The number of ketones is 1. The molecule has 0 radical (unpaired) electrons. The molecule has 0 bridgehead atoms. The summed E-state index contributed by atoms with van der Waals surface area (Å²) >= 11 is 1.59. The predicted molar refractivity (Wildman–Crippen MR) is 52.7 cm³/mol. The molecule has 0 amide bonds. The van der Waals surface area contributed by atoms with Crippen molar-refractivity contribution in [2.24, 2.45) is 5.92 Å². The number of carbonyl (C=O) groups is 1. The summed E-state index contributed by atoms with van der Waals surface area (Å²) in [5, 5.41) is 3.89. The second-order valence-electron chi connectivity index (χ2n) is 2.89. The van der Waals surface area contributed by atoms with Gasteiger partial charge < -0.3 is 0 Å². The van der Waals surface area contributed by atoms with E-state index in [4.69, 9.17) is 0 Å². The zero-order chi connectivity index (χ0) is 8.97. The van der Waals surface area contributed by atoms with E-state index in [1.807, 2.05) is 16.8 Å². The Hall–Kier alpha value is -0.630. The monoisotopic (exact) mass is 182 g/mol. The Kier molecular flexibility index (Phi) is 3.48. The molecule has 0 atom stereocenters. The molecule has 0 aromatic carbocycles. The van der Waals surface area contributed by atoms with Gasteiger partial charge >= 0.3 is 0 Å². The van der Waals surface area contributed by atoms with E-state index in [1.165, 1.54) is 0 Å². The van der Waals surface area contributed by atoms with Crippen LogP contribution in [0.1, 0.15) is 37.0 Å². The molecule has 1 rings (SSSR count). The minimum absolute atomic E-state index is 0.222. The first-order chi connectivity index (χ1) is 5.79. The van der Waals surface area contributed by atoms with Gasteiger partial charge in [-0.2, -0.15) is 11.3 Å². The highest BCUT2D eigenvalue weighted by atomic mass is 32.1. The molecule has 66 valence electrons. The van der Waals surface area contributed by atoms with E-state index in [-0.39, 0.29) is 5.92 Å².